The van der Waals surface area contributed by atoms with Gasteiger partial charge >= 0.3 is 7.82 Å². The largest absolute Gasteiger partial charge is 0.469 e. The molecule has 0 aromatic carbocycles. The van der Waals surface area contributed by atoms with Crippen molar-refractivity contribution in [1.82, 2.24) is 10.6 Å². The number of phosphoric ester groups is 1. The van der Waals surface area contributed by atoms with Crippen molar-refractivity contribution in [1.29, 1.82) is 0 Å². The number of hydrogen-bond acceptors (Lipinski definition) is 7. The summed E-state index contributed by atoms with van der Waals surface area (Å²) in [4.78, 5) is 41.1. The van der Waals surface area contributed by atoms with E-state index in [0.717, 1.165) is 0 Å². The molecule has 2 amide bonds. The van der Waals surface area contributed by atoms with Crippen molar-refractivity contribution in [3.05, 3.63) is 0 Å². The molecule has 0 radical (unpaired) electrons. The number of phosphoric acid groups is 1. The zero-order valence-corrected chi connectivity index (χ0v) is 19.1. The van der Waals surface area contributed by atoms with Gasteiger partial charge in [0.1, 0.15) is 11.9 Å². The number of aliphatic hydroxyl groups is 1. The third-order valence-electron chi connectivity index (χ3n) is 3.79. The molecule has 174 valence electrons. The van der Waals surface area contributed by atoms with Crippen LogP contribution >= 0.6 is 7.82 Å². The molecule has 11 nitrogen and oxygen atoms in total. The van der Waals surface area contributed by atoms with Gasteiger partial charge in [-0.2, -0.15) is 0 Å². The Balaban J connectivity index is 4.18. The zero-order valence-electron chi connectivity index (χ0n) is 17.4. The van der Waals surface area contributed by atoms with Gasteiger partial charge in [-0.1, -0.05) is 26.7 Å². The second-order valence-corrected chi connectivity index (χ2v) is 10.6. The van der Waals surface area contributed by atoms with E-state index in [9.17, 15) is 27.7 Å². The van der Waals surface area contributed by atoms with Gasteiger partial charge in [-0.15, -0.1) is 5.92 Å². The molecule has 0 fully saturated rings. The number of sulfone groups is 1. The van der Waals surface area contributed by atoms with Crippen LogP contribution in [0.3, 0.4) is 0 Å². The summed E-state index contributed by atoms with van der Waals surface area (Å²) in [6, 6.07) is 0. The van der Waals surface area contributed by atoms with Gasteiger partial charge in [-0.05, 0) is 6.42 Å². The second kappa shape index (κ2) is 13.0. The van der Waals surface area contributed by atoms with Crippen molar-refractivity contribution < 1.29 is 42.0 Å². The Morgan fingerprint density at radius 1 is 1.17 bits per heavy atom. The lowest BCUT2D eigenvalue weighted by molar-refractivity contribution is -0.137. The summed E-state index contributed by atoms with van der Waals surface area (Å²) >= 11 is 0. The second-order valence-electron chi connectivity index (χ2n) is 7.20. The normalized spacial score (nSPS) is 13.1. The molecule has 0 heterocycles. The number of hydrogen-bond donors (Lipinski definition) is 5. The van der Waals surface area contributed by atoms with Crippen LogP contribution in [0.2, 0.25) is 0 Å². The molecule has 30 heavy (non-hydrogen) atoms. The van der Waals surface area contributed by atoms with Gasteiger partial charge in [0.15, 0.2) is 9.84 Å². The summed E-state index contributed by atoms with van der Waals surface area (Å²) in [7, 11) is -8.02. The molecule has 0 aliphatic carbocycles. The Morgan fingerprint density at radius 2 is 1.80 bits per heavy atom. The first-order valence-corrected chi connectivity index (χ1v) is 12.6. The smallest absolute Gasteiger partial charge is 0.383 e. The lowest BCUT2D eigenvalue weighted by Crippen LogP contribution is -2.46. The Morgan fingerprint density at radius 3 is 2.37 bits per heavy atom. The van der Waals surface area contributed by atoms with E-state index in [2.05, 4.69) is 27.0 Å². The zero-order chi connectivity index (χ0) is 23.4. The minimum absolute atomic E-state index is 0.0813. The topological polar surface area (TPSA) is 179 Å². The van der Waals surface area contributed by atoms with Crippen LogP contribution in [0.5, 0.6) is 0 Å². The Labute approximate surface area is 177 Å². The van der Waals surface area contributed by atoms with E-state index in [1.54, 1.807) is 0 Å². The van der Waals surface area contributed by atoms with Crippen LogP contribution in [0.4, 0.5) is 0 Å². The molecule has 1 unspecified atom stereocenters. The van der Waals surface area contributed by atoms with Crippen LogP contribution in [0.1, 0.15) is 40.0 Å². The van der Waals surface area contributed by atoms with Crippen LogP contribution in [0.25, 0.3) is 0 Å². The fourth-order valence-electron chi connectivity index (χ4n) is 2.05. The van der Waals surface area contributed by atoms with E-state index in [1.807, 2.05) is 6.92 Å². The third kappa shape index (κ3) is 13.7. The molecule has 13 heteroatoms. The van der Waals surface area contributed by atoms with E-state index in [0.29, 0.717) is 6.42 Å². The average Bonchev–Trinajstić information content (AvgIpc) is 2.62. The van der Waals surface area contributed by atoms with E-state index in [4.69, 9.17) is 9.79 Å². The van der Waals surface area contributed by atoms with Gasteiger partial charge in [0.25, 0.3) is 0 Å². The average molecular weight is 470 g/mol. The fourth-order valence-corrected chi connectivity index (χ4v) is 3.60. The predicted octanol–water partition coefficient (Wildman–Crippen LogP) is -0.676. The van der Waals surface area contributed by atoms with Crippen LogP contribution in [0, 0.1) is 17.3 Å². The van der Waals surface area contributed by atoms with Crippen LogP contribution in [-0.2, 0) is 28.5 Å². The summed E-state index contributed by atoms with van der Waals surface area (Å²) in [5, 5.41) is 14.9. The van der Waals surface area contributed by atoms with Crippen molar-refractivity contribution in [3.8, 4) is 11.8 Å². The maximum Gasteiger partial charge on any atom is 0.469 e. The Bertz CT molecular complexity index is 781. The minimum Gasteiger partial charge on any atom is -0.383 e. The summed E-state index contributed by atoms with van der Waals surface area (Å²) in [5.41, 5.74) is -1.28. The highest BCUT2D eigenvalue weighted by molar-refractivity contribution is 7.91. The number of amides is 2. The molecule has 0 aromatic rings. The standard InChI is InChI=1S/C17H31N2O9PS/c1-4-5-6-11-30(26,27)12-7-9-18-14(20)8-10-19-16(22)15(21)17(2,3)13-28-29(23,24)25/h15,21H,4,7-13H2,1-3H3,(H,18,20)(H,19,22)(H2,23,24,25). The van der Waals surface area contributed by atoms with Gasteiger partial charge in [0.05, 0.1) is 12.4 Å². The first-order chi connectivity index (χ1) is 13.7. The van der Waals surface area contributed by atoms with E-state index >= 15 is 0 Å². The first kappa shape index (κ1) is 28.5. The summed E-state index contributed by atoms with van der Waals surface area (Å²) in [6.45, 7) is 4.12. The molecule has 0 spiro atoms. The Hall–Kier alpha value is -1.48. The monoisotopic (exact) mass is 470 g/mol. The molecular formula is C17H31N2O9PS. The lowest BCUT2D eigenvalue weighted by Gasteiger charge is -2.29. The molecule has 0 aromatic heterocycles. The highest BCUT2D eigenvalue weighted by Gasteiger charge is 2.35. The fraction of sp³-hybridized carbons (Fsp3) is 0.765. The molecule has 5 N–H and O–H groups in total. The highest BCUT2D eigenvalue weighted by Crippen LogP contribution is 2.38. The van der Waals surface area contributed by atoms with Gasteiger partial charge in [0, 0.05) is 31.3 Å². The van der Waals surface area contributed by atoms with Crippen LogP contribution < -0.4 is 10.6 Å². The number of aliphatic hydroxyl groups excluding tert-OH is 1. The molecule has 0 bridgehead atoms. The molecule has 0 aliphatic rings. The van der Waals surface area contributed by atoms with Gasteiger partial charge in [0.2, 0.25) is 11.8 Å². The van der Waals surface area contributed by atoms with Gasteiger partial charge in [-0.25, -0.2) is 13.0 Å². The lowest BCUT2D eigenvalue weighted by atomic mass is 9.87. The Kier molecular flexibility index (Phi) is 12.4. The maximum atomic E-state index is 12.0. The van der Waals surface area contributed by atoms with Crippen LogP contribution in [0.15, 0.2) is 0 Å². The third-order valence-corrected chi connectivity index (χ3v) is 5.75. The van der Waals surface area contributed by atoms with Crippen molar-refractivity contribution in [2.45, 2.75) is 46.1 Å². The summed E-state index contributed by atoms with van der Waals surface area (Å²) in [6.07, 6.45) is -0.890. The van der Waals surface area contributed by atoms with E-state index < -0.39 is 47.6 Å². The SMILES string of the molecule is CCC#CCS(=O)(=O)CCCNC(=O)CCNC(=O)C(O)C(C)(C)COP(=O)(O)O. The van der Waals surface area contributed by atoms with Gasteiger partial charge in [-0.3, -0.25) is 14.1 Å². The van der Waals surface area contributed by atoms with Crippen LogP contribution in [-0.4, -0.2) is 72.4 Å². The predicted molar refractivity (Wildman–Crippen MR) is 110 cm³/mol. The number of carbonyl (C=O) groups is 2. The number of nitrogens with one attached hydrogen (secondary N) is 2. The molecule has 0 saturated carbocycles. The summed E-state index contributed by atoms with van der Waals surface area (Å²) < 4.78 is 38.5. The maximum absolute atomic E-state index is 12.0. The van der Waals surface area contributed by atoms with Crippen molar-refractivity contribution in [3.63, 3.8) is 0 Å². The van der Waals surface area contributed by atoms with Crippen molar-refractivity contribution in [2.75, 3.05) is 31.2 Å². The quantitative estimate of drug-likeness (QED) is 0.132. The van der Waals surface area contributed by atoms with Crippen molar-refractivity contribution >= 4 is 29.5 Å². The number of rotatable bonds is 13. The molecule has 1 atom stereocenters. The van der Waals surface area contributed by atoms with Crippen molar-refractivity contribution in [2.24, 2.45) is 5.41 Å². The van der Waals surface area contributed by atoms with E-state index in [1.165, 1.54) is 13.8 Å². The minimum atomic E-state index is -4.74. The molecule has 0 saturated heterocycles. The van der Waals surface area contributed by atoms with E-state index in [-0.39, 0.29) is 37.4 Å². The molecular weight excluding hydrogens is 439 g/mol. The van der Waals surface area contributed by atoms with Gasteiger partial charge < -0.3 is 25.5 Å². The summed E-state index contributed by atoms with van der Waals surface area (Å²) in [5.74, 6) is 3.72. The molecule has 0 aliphatic heterocycles. The highest BCUT2D eigenvalue weighted by atomic mass is 32.2. The number of carbonyl (C=O) groups excluding carboxylic acids is 2. The molecule has 0 rings (SSSR count). The first-order valence-electron chi connectivity index (χ1n) is 9.29.